The molecule has 0 amide bonds. The second-order valence-corrected chi connectivity index (χ2v) is 5.23. The van der Waals surface area contributed by atoms with E-state index in [0.29, 0.717) is 16.6 Å². The highest BCUT2D eigenvalue weighted by Gasteiger charge is 2.09. The number of aryl methyl sites for hydroxylation is 1. The molecule has 0 aliphatic rings. The van der Waals surface area contributed by atoms with E-state index < -0.39 is 0 Å². The predicted molar refractivity (Wildman–Crippen MR) is 79.9 cm³/mol. The van der Waals surface area contributed by atoms with Crippen LogP contribution >= 0.6 is 23.2 Å². The lowest BCUT2D eigenvalue weighted by Gasteiger charge is -2.06. The van der Waals surface area contributed by atoms with Gasteiger partial charge in [0.15, 0.2) is 0 Å². The fourth-order valence-electron chi connectivity index (χ4n) is 1.92. The molecule has 0 unspecified atom stereocenters. The molecule has 0 atom stereocenters. The molecule has 3 nitrogen and oxygen atoms in total. The van der Waals surface area contributed by atoms with E-state index in [9.17, 15) is 0 Å². The predicted octanol–water partition coefficient (Wildman–Crippen LogP) is 3.66. The summed E-state index contributed by atoms with van der Waals surface area (Å²) in [5.74, 6) is 0. The minimum Gasteiger partial charge on any atom is -0.313 e. The van der Waals surface area contributed by atoms with Gasteiger partial charge in [0, 0.05) is 33.9 Å². The molecule has 0 bridgehead atoms. The van der Waals surface area contributed by atoms with E-state index in [2.05, 4.69) is 17.3 Å². The summed E-state index contributed by atoms with van der Waals surface area (Å²) in [5, 5.41) is 9.15. The summed E-state index contributed by atoms with van der Waals surface area (Å²) < 4.78 is 1.88. The molecular formula is C14H17Cl2N3. The minimum atomic E-state index is 0.589. The summed E-state index contributed by atoms with van der Waals surface area (Å²) >= 11 is 12.3. The number of hydrogen-bond acceptors (Lipinski definition) is 2. The van der Waals surface area contributed by atoms with Crippen LogP contribution in [-0.4, -0.2) is 16.3 Å². The SMILES string of the molecule is CCNCc1cn(Cc2c(Cl)cccc2Cl)nc1C. The Morgan fingerprint density at radius 1 is 1.26 bits per heavy atom. The fourth-order valence-corrected chi connectivity index (χ4v) is 2.44. The molecule has 102 valence electrons. The first kappa shape index (κ1) is 14.4. The van der Waals surface area contributed by atoms with Crippen molar-refractivity contribution in [3.63, 3.8) is 0 Å². The lowest BCUT2D eigenvalue weighted by Crippen LogP contribution is -2.11. The van der Waals surface area contributed by atoms with Gasteiger partial charge in [-0.25, -0.2) is 0 Å². The topological polar surface area (TPSA) is 29.9 Å². The van der Waals surface area contributed by atoms with E-state index in [-0.39, 0.29) is 0 Å². The van der Waals surface area contributed by atoms with Crippen LogP contribution in [0.5, 0.6) is 0 Å². The summed E-state index contributed by atoms with van der Waals surface area (Å²) in [6.45, 7) is 6.46. The molecule has 0 spiro atoms. The van der Waals surface area contributed by atoms with Gasteiger partial charge in [-0.1, -0.05) is 36.2 Å². The van der Waals surface area contributed by atoms with Crippen molar-refractivity contribution in [2.45, 2.75) is 26.9 Å². The Labute approximate surface area is 123 Å². The standard InChI is InChI=1S/C14H17Cl2N3/c1-3-17-7-11-8-19(18-10(11)2)9-12-13(15)5-4-6-14(12)16/h4-6,8,17H,3,7,9H2,1-2H3. The molecule has 0 aliphatic heterocycles. The van der Waals surface area contributed by atoms with Gasteiger partial charge in [0.1, 0.15) is 0 Å². The largest absolute Gasteiger partial charge is 0.313 e. The molecule has 2 aromatic rings. The van der Waals surface area contributed by atoms with Crippen molar-refractivity contribution in [2.75, 3.05) is 6.54 Å². The zero-order chi connectivity index (χ0) is 13.8. The number of aromatic nitrogens is 2. The highest BCUT2D eigenvalue weighted by atomic mass is 35.5. The van der Waals surface area contributed by atoms with Crippen LogP contribution in [0.4, 0.5) is 0 Å². The molecule has 0 radical (unpaired) electrons. The van der Waals surface area contributed by atoms with E-state index in [4.69, 9.17) is 23.2 Å². The Morgan fingerprint density at radius 2 is 1.95 bits per heavy atom. The van der Waals surface area contributed by atoms with Crippen molar-refractivity contribution in [2.24, 2.45) is 0 Å². The van der Waals surface area contributed by atoms with Gasteiger partial charge in [0.05, 0.1) is 12.2 Å². The molecule has 19 heavy (non-hydrogen) atoms. The maximum Gasteiger partial charge on any atom is 0.0688 e. The average molecular weight is 298 g/mol. The molecule has 5 heteroatoms. The van der Waals surface area contributed by atoms with Crippen molar-refractivity contribution in [1.82, 2.24) is 15.1 Å². The second kappa shape index (κ2) is 6.42. The fraction of sp³-hybridized carbons (Fsp3) is 0.357. The zero-order valence-corrected chi connectivity index (χ0v) is 12.6. The molecule has 0 fully saturated rings. The second-order valence-electron chi connectivity index (χ2n) is 4.42. The number of nitrogens with one attached hydrogen (secondary N) is 1. The van der Waals surface area contributed by atoms with Crippen LogP contribution in [0.25, 0.3) is 0 Å². The van der Waals surface area contributed by atoms with Crippen molar-refractivity contribution in [3.8, 4) is 0 Å². The zero-order valence-electron chi connectivity index (χ0n) is 11.1. The van der Waals surface area contributed by atoms with Gasteiger partial charge in [-0.3, -0.25) is 4.68 Å². The van der Waals surface area contributed by atoms with Gasteiger partial charge in [-0.05, 0) is 25.6 Å². The lowest BCUT2D eigenvalue weighted by atomic mass is 10.2. The van der Waals surface area contributed by atoms with Crippen LogP contribution in [0.15, 0.2) is 24.4 Å². The molecule has 1 heterocycles. The number of rotatable bonds is 5. The highest BCUT2D eigenvalue weighted by Crippen LogP contribution is 2.25. The van der Waals surface area contributed by atoms with E-state index in [1.165, 1.54) is 5.56 Å². The first-order valence-electron chi connectivity index (χ1n) is 6.28. The average Bonchev–Trinajstić information content (AvgIpc) is 2.72. The van der Waals surface area contributed by atoms with Gasteiger partial charge >= 0.3 is 0 Å². The summed E-state index contributed by atoms with van der Waals surface area (Å²) in [7, 11) is 0. The van der Waals surface area contributed by atoms with E-state index in [1.807, 2.05) is 36.0 Å². The number of hydrogen-bond donors (Lipinski definition) is 1. The third-order valence-corrected chi connectivity index (χ3v) is 3.70. The Kier molecular flexibility index (Phi) is 4.86. The third-order valence-electron chi connectivity index (χ3n) is 3.00. The molecule has 1 aromatic heterocycles. The Morgan fingerprint density at radius 3 is 2.58 bits per heavy atom. The Hall–Kier alpha value is -1.03. The monoisotopic (exact) mass is 297 g/mol. The van der Waals surface area contributed by atoms with E-state index in [0.717, 1.165) is 24.3 Å². The van der Waals surface area contributed by atoms with Crippen molar-refractivity contribution < 1.29 is 0 Å². The van der Waals surface area contributed by atoms with Crippen LogP contribution in [0.3, 0.4) is 0 Å². The van der Waals surface area contributed by atoms with Gasteiger partial charge in [0.25, 0.3) is 0 Å². The molecule has 1 aromatic carbocycles. The van der Waals surface area contributed by atoms with Crippen molar-refractivity contribution in [3.05, 3.63) is 51.3 Å². The molecule has 0 aliphatic carbocycles. The van der Waals surface area contributed by atoms with Crippen LogP contribution in [0, 0.1) is 6.92 Å². The summed E-state index contributed by atoms with van der Waals surface area (Å²) in [6.07, 6.45) is 2.04. The highest BCUT2D eigenvalue weighted by molar-refractivity contribution is 6.35. The van der Waals surface area contributed by atoms with Gasteiger partial charge in [-0.2, -0.15) is 5.10 Å². The smallest absolute Gasteiger partial charge is 0.0688 e. The normalized spacial score (nSPS) is 10.9. The van der Waals surface area contributed by atoms with Crippen LogP contribution in [0.2, 0.25) is 10.0 Å². The molecule has 1 N–H and O–H groups in total. The summed E-state index contributed by atoms with van der Waals surface area (Å²) in [6, 6.07) is 5.54. The third kappa shape index (κ3) is 3.50. The molecule has 2 rings (SSSR count). The van der Waals surface area contributed by atoms with Gasteiger partial charge < -0.3 is 5.32 Å². The first-order valence-corrected chi connectivity index (χ1v) is 7.04. The van der Waals surface area contributed by atoms with Crippen molar-refractivity contribution in [1.29, 1.82) is 0 Å². The Bertz CT molecular complexity index is 544. The maximum atomic E-state index is 6.17. The quantitative estimate of drug-likeness (QED) is 0.913. The van der Waals surface area contributed by atoms with Crippen LogP contribution in [-0.2, 0) is 13.1 Å². The van der Waals surface area contributed by atoms with Gasteiger partial charge in [0.2, 0.25) is 0 Å². The lowest BCUT2D eigenvalue weighted by molar-refractivity contribution is 0.678. The molecule has 0 saturated carbocycles. The van der Waals surface area contributed by atoms with Crippen molar-refractivity contribution >= 4 is 23.2 Å². The molecular weight excluding hydrogens is 281 g/mol. The first-order chi connectivity index (χ1) is 9.11. The number of benzene rings is 1. The number of nitrogens with zero attached hydrogens (tertiary/aromatic N) is 2. The number of halogens is 2. The maximum absolute atomic E-state index is 6.17. The van der Waals surface area contributed by atoms with E-state index >= 15 is 0 Å². The van der Waals surface area contributed by atoms with Crippen LogP contribution < -0.4 is 5.32 Å². The molecule has 0 saturated heterocycles. The summed E-state index contributed by atoms with van der Waals surface area (Å²) in [4.78, 5) is 0. The van der Waals surface area contributed by atoms with Crippen LogP contribution in [0.1, 0.15) is 23.7 Å². The van der Waals surface area contributed by atoms with E-state index in [1.54, 1.807) is 0 Å². The minimum absolute atomic E-state index is 0.589. The van der Waals surface area contributed by atoms with Gasteiger partial charge in [-0.15, -0.1) is 0 Å². The Balaban J connectivity index is 2.19. The summed E-state index contributed by atoms with van der Waals surface area (Å²) in [5.41, 5.74) is 3.14.